The number of aryl methyl sites for hydroxylation is 1. The van der Waals surface area contributed by atoms with Gasteiger partial charge in [0.2, 0.25) is 5.91 Å². The Morgan fingerprint density at radius 3 is 2.58 bits per heavy atom. The second-order valence-corrected chi connectivity index (χ2v) is 8.09. The third-order valence-corrected chi connectivity index (χ3v) is 4.33. The average molecular weight is 447 g/mol. The third kappa shape index (κ3) is 7.40. The molecule has 0 radical (unpaired) electrons. The average Bonchev–Trinajstić information content (AvgIpc) is 2.75. The third-order valence-electron chi connectivity index (χ3n) is 4.33. The van der Waals surface area contributed by atoms with Crippen molar-refractivity contribution in [3.05, 3.63) is 59.7 Å². The number of nitriles is 1. The number of ether oxygens (including phenoxy) is 1. The fourth-order valence-electron chi connectivity index (χ4n) is 2.40. The standard InChI is InChI=1S/C24H26N6O3/c1-15(7-8-17(14-25)26-6)19-13-18(11-12-27-19)33-20-9-10-21(28-16(20)2)29-23(32)30-22(31)24(3,4)5/h7-13H,6H2,1-5H3,(H2,28,29,30,31,32). The van der Waals surface area contributed by atoms with Gasteiger partial charge in [-0.25, -0.2) is 9.78 Å². The van der Waals surface area contributed by atoms with E-state index in [9.17, 15) is 9.59 Å². The van der Waals surface area contributed by atoms with Gasteiger partial charge < -0.3 is 4.74 Å². The smallest absolute Gasteiger partial charge is 0.327 e. The van der Waals surface area contributed by atoms with Crippen molar-refractivity contribution < 1.29 is 14.3 Å². The minimum Gasteiger partial charge on any atom is -0.455 e. The van der Waals surface area contributed by atoms with E-state index in [4.69, 9.17) is 10.00 Å². The zero-order valence-corrected chi connectivity index (χ0v) is 19.3. The molecule has 0 saturated heterocycles. The zero-order chi connectivity index (χ0) is 24.6. The molecule has 0 saturated carbocycles. The number of hydrogen-bond acceptors (Lipinski definition) is 7. The van der Waals surface area contributed by atoms with Crippen LogP contribution in [0.4, 0.5) is 10.6 Å². The van der Waals surface area contributed by atoms with Gasteiger partial charge in [-0.1, -0.05) is 26.8 Å². The number of hydrogen-bond donors (Lipinski definition) is 2. The van der Waals surface area contributed by atoms with Crippen molar-refractivity contribution in [3.63, 3.8) is 0 Å². The molecule has 0 aliphatic heterocycles. The molecule has 0 aliphatic carbocycles. The number of rotatable bonds is 6. The second-order valence-electron chi connectivity index (χ2n) is 8.09. The molecule has 3 amide bonds. The molecule has 2 rings (SSSR count). The van der Waals surface area contributed by atoms with E-state index in [1.165, 1.54) is 0 Å². The van der Waals surface area contributed by atoms with E-state index in [1.807, 2.05) is 13.0 Å². The molecule has 2 aromatic rings. The first-order valence-corrected chi connectivity index (χ1v) is 10.0. The number of anilines is 1. The minimum atomic E-state index is -0.688. The van der Waals surface area contributed by atoms with Crippen molar-refractivity contribution in [2.45, 2.75) is 34.6 Å². The molecule has 0 atom stereocenters. The highest BCUT2D eigenvalue weighted by Crippen LogP contribution is 2.27. The van der Waals surface area contributed by atoms with E-state index in [0.29, 0.717) is 22.9 Å². The van der Waals surface area contributed by atoms with Crippen molar-refractivity contribution in [2.24, 2.45) is 10.4 Å². The van der Waals surface area contributed by atoms with Gasteiger partial charge in [-0.05, 0) is 50.4 Å². The van der Waals surface area contributed by atoms with Gasteiger partial charge in [0.15, 0.2) is 0 Å². The van der Waals surface area contributed by atoms with Crippen LogP contribution in [0, 0.1) is 23.7 Å². The summed E-state index contributed by atoms with van der Waals surface area (Å²) in [5, 5.41) is 13.7. The van der Waals surface area contributed by atoms with Gasteiger partial charge in [0.1, 0.15) is 29.1 Å². The molecule has 2 aromatic heterocycles. The number of aliphatic imine (C=N–C) groups is 1. The van der Waals surface area contributed by atoms with E-state index in [-0.39, 0.29) is 11.5 Å². The summed E-state index contributed by atoms with van der Waals surface area (Å²) in [7, 11) is 0. The number of imide groups is 1. The Morgan fingerprint density at radius 2 is 1.97 bits per heavy atom. The fraction of sp³-hybridized carbons (Fsp3) is 0.250. The molecular formula is C24H26N6O3. The van der Waals surface area contributed by atoms with Crippen LogP contribution < -0.4 is 15.4 Å². The molecule has 0 fully saturated rings. The minimum absolute atomic E-state index is 0.202. The summed E-state index contributed by atoms with van der Waals surface area (Å²) in [6, 6.07) is 7.98. The first-order valence-electron chi connectivity index (χ1n) is 10.0. The quantitative estimate of drug-likeness (QED) is 0.373. The van der Waals surface area contributed by atoms with E-state index >= 15 is 0 Å². The van der Waals surface area contributed by atoms with Gasteiger partial charge in [0.25, 0.3) is 0 Å². The molecule has 2 N–H and O–H groups in total. The van der Waals surface area contributed by atoms with Crippen LogP contribution in [0.3, 0.4) is 0 Å². The maximum absolute atomic E-state index is 12.0. The maximum Gasteiger partial charge on any atom is 0.327 e. The number of nitrogens with zero attached hydrogens (tertiary/aromatic N) is 4. The molecule has 0 aliphatic rings. The second kappa shape index (κ2) is 10.8. The van der Waals surface area contributed by atoms with Crippen LogP contribution in [0.25, 0.3) is 5.57 Å². The number of allylic oxidation sites excluding steroid dienone is 4. The van der Waals surface area contributed by atoms with Crippen LogP contribution in [0.2, 0.25) is 0 Å². The molecule has 2 heterocycles. The summed E-state index contributed by atoms with van der Waals surface area (Å²) in [6.07, 6.45) is 4.89. The van der Waals surface area contributed by atoms with Gasteiger partial charge in [0, 0.05) is 17.7 Å². The van der Waals surface area contributed by atoms with Crippen molar-refractivity contribution in [3.8, 4) is 17.6 Å². The number of aromatic nitrogens is 2. The fourth-order valence-corrected chi connectivity index (χ4v) is 2.40. The van der Waals surface area contributed by atoms with Crippen LogP contribution in [-0.2, 0) is 4.79 Å². The number of pyridine rings is 2. The largest absolute Gasteiger partial charge is 0.455 e. The number of amides is 3. The highest BCUT2D eigenvalue weighted by Gasteiger charge is 2.23. The van der Waals surface area contributed by atoms with Gasteiger partial charge in [-0.3, -0.25) is 25.4 Å². The highest BCUT2D eigenvalue weighted by molar-refractivity contribution is 6.02. The first-order chi connectivity index (χ1) is 15.5. The van der Waals surface area contributed by atoms with Crippen LogP contribution in [0.5, 0.6) is 11.5 Å². The van der Waals surface area contributed by atoms with E-state index in [0.717, 1.165) is 5.57 Å². The summed E-state index contributed by atoms with van der Waals surface area (Å²) in [6.45, 7) is 12.1. The Morgan fingerprint density at radius 1 is 1.24 bits per heavy atom. The zero-order valence-electron chi connectivity index (χ0n) is 19.3. The molecule has 9 heteroatoms. The predicted octanol–water partition coefficient (Wildman–Crippen LogP) is 4.78. The lowest BCUT2D eigenvalue weighted by Crippen LogP contribution is -2.41. The van der Waals surface area contributed by atoms with Crippen molar-refractivity contribution in [1.82, 2.24) is 15.3 Å². The monoisotopic (exact) mass is 446 g/mol. The summed E-state index contributed by atoms with van der Waals surface area (Å²) < 4.78 is 5.93. The highest BCUT2D eigenvalue weighted by atomic mass is 16.5. The first kappa shape index (κ1) is 24.9. The number of urea groups is 1. The van der Waals surface area contributed by atoms with Gasteiger partial charge >= 0.3 is 6.03 Å². The van der Waals surface area contributed by atoms with E-state index < -0.39 is 17.4 Å². The molecule has 9 nitrogen and oxygen atoms in total. The summed E-state index contributed by atoms with van der Waals surface area (Å²) in [4.78, 5) is 36.2. The molecule has 0 unspecified atom stereocenters. The number of carbonyl (C=O) groups is 2. The van der Waals surface area contributed by atoms with Crippen LogP contribution in [-0.4, -0.2) is 28.6 Å². The lowest BCUT2D eigenvalue weighted by atomic mass is 9.96. The van der Waals surface area contributed by atoms with Crippen molar-refractivity contribution in [2.75, 3.05) is 5.32 Å². The molecule has 0 bridgehead atoms. The number of carbonyl (C=O) groups excluding carboxylic acids is 2. The lowest BCUT2D eigenvalue weighted by Gasteiger charge is -2.17. The van der Waals surface area contributed by atoms with E-state index in [1.54, 1.807) is 70.3 Å². The summed E-state index contributed by atoms with van der Waals surface area (Å²) in [5.74, 6) is 0.921. The Kier molecular flexibility index (Phi) is 8.18. The number of nitrogens with one attached hydrogen (secondary N) is 2. The Hall–Kier alpha value is -4.32. The predicted molar refractivity (Wildman–Crippen MR) is 127 cm³/mol. The van der Waals surface area contributed by atoms with Gasteiger partial charge in [-0.15, -0.1) is 0 Å². The van der Waals surface area contributed by atoms with Gasteiger partial charge in [-0.2, -0.15) is 5.26 Å². The topological polar surface area (TPSA) is 129 Å². The Bertz CT molecular complexity index is 1170. The maximum atomic E-state index is 12.0. The molecule has 0 aromatic carbocycles. The summed E-state index contributed by atoms with van der Waals surface area (Å²) in [5.41, 5.74) is 1.52. The SMILES string of the molecule is C=NC(C#N)=CC=C(C)c1cc(Oc2ccc(NC(=O)NC(=O)C(C)(C)C)nc2C)ccn1. The van der Waals surface area contributed by atoms with Crippen LogP contribution in [0.1, 0.15) is 39.1 Å². The molecule has 170 valence electrons. The van der Waals surface area contributed by atoms with Crippen molar-refractivity contribution >= 4 is 30.0 Å². The lowest BCUT2D eigenvalue weighted by molar-refractivity contribution is -0.127. The molecule has 33 heavy (non-hydrogen) atoms. The Balaban J connectivity index is 2.12. The van der Waals surface area contributed by atoms with E-state index in [2.05, 4.69) is 32.3 Å². The molecular weight excluding hydrogens is 420 g/mol. The molecule has 0 spiro atoms. The summed E-state index contributed by atoms with van der Waals surface area (Å²) >= 11 is 0. The Labute approximate surface area is 192 Å². The van der Waals surface area contributed by atoms with Crippen molar-refractivity contribution in [1.29, 1.82) is 5.26 Å². The van der Waals surface area contributed by atoms with Gasteiger partial charge in [0.05, 0.1) is 11.4 Å². The van der Waals surface area contributed by atoms with Crippen LogP contribution >= 0.6 is 0 Å². The van der Waals surface area contributed by atoms with Crippen LogP contribution in [0.15, 0.2) is 53.3 Å². The normalized spacial score (nSPS) is 11.9.